The van der Waals surface area contributed by atoms with Gasteiger partial charge < -0.3 is 4.90 Å². The average Bonchev–Trinajstić information content (AvgIpc) is 2.66. The average molecular weight is 258 g/mol. The number of nitrogens with one attached hydrogen (secondary N) is 1. The molecule has 1 heterocycles. The molecule has 0 spiro atoms. The second-order valence-electron chi connectivity index (χ2n) is 5.37. The van der Waals surface area contributed by atoms with Crippen LogP contribution in [0.5, 0.6) is 0 Å². The molecule has 3 heteroatoms. The van der Waals surface area contributed by atoms with E-state index in [4.69, 9.17) is 4.84 Å². The molecule has 1 aliphatic carbocycles. The van der Waals surface area contributed by atoms with Crippen LogP contribution in [0.15, 0.2) is 24.3 Å². The highest BCUT2D eigenvalue weighted by Gasteiger charge is 2.17. The lowest BCUT2D eigenvalue weighted by atomic mass is 10.1. The number of hydroxylamine groups is 1. The molecule has 1 fully saturated rings. The third kappa shape index (κ3) is 2.61. The van der Waals surface area contributed by atoms with Gasteiger partial charge in [-0.25, -0.2) is 0 Å². The molecule has 0 radical (unpaired) electrons. The molecule has 1 aliphatic heterocycles. The van der Waals surface area contributed by atoms with Crippen molar-refractivity contribution in [3.8, 4) is 0 Å². The lowest BCUT2D eigenvalue weighted by Crippen LogP contribution is -2.23. The topological polar surface area (TPSA) is 24.5 Å². The fourth-order valence-electron chi connectivity index (χ4n) is 3.07. The largest absolute Gasteiger partial charge is 0.372 e. The first-order valence-electron chi connectivity index (χ1n) is 7.26. The molecule has 1 aromatic rings. The van der Waals surface area contributed by atoms with Crippen LogP contribution < -0.4 is 10.4 Å². The second-order valence-corrected chi connectivity index (χ2v) is 5.37. The zero-order chi connectivity index (χ0) is 13.1. The summed E-state index contributed by atoms with van der Waals surface area (Å²) in [6, 6.07) is 6.82. The number of hydrogen-bond acceptors (Lipinski definition) is 3. The molecule has 1 saturated heterocycles. The zero-order valence-corrected chi connectivity index (χ0v) is 11.6. The summed E-state index contributed by atoms with van der Waals surface area (Å²) in [5.74, 6) is 0. The maximum Gasteiger partial charge on any atom is 0.0643 e. The van der Waals surface area contributed by atoms with Gasteiger partial charge in [0.2, 0.25) is 0 Å². The van der Waals surface area contributed by atoms with Gasteiger partial charge in [0, 0.05) is 24.3 Å². The molecule has 19 heavy (non-hydrogen) atoms. The Morgan fingerprint density at radius 1 is 1.11 bits per heavy atom. The summed E-state index contributed by atoms with van der Waals surface area (Å²) >= 11 is 0. The molecule has 0 atom stereocenters. The summed E-state index contributed by atoms with van der Waals surface area (Å²) in [4.78, 5) is 7.55. The second kappa shape index (κ2) is 5.66. The molecule has 1 aromatic carbocycles. The standard InChI is InChI=1S/C16H22N2O/c1-19-17-16-9-6-13-12-14(7-8-15(13)16)18-10-4-2-3-5-11-18/h7-9,12,17H,2-6,10-11H2,1H3. The molecule has 1 N–H and O–H groups in total. The Morgan fingerprint density at radius 2 is 1.89 bits per heavy atom. The minimum Gasteiger partial charge on any atom is -0.372 e. The van der Waals surface area contributed by atoms with Crippen LogP contribution in [0.4, 0.5) is 5.69 Å². The monoisotopic (exact) mass is 258 g/mol. The first-order valence-corrected chi connectivity index (χ1v) is 7.26. The number of benzene rings is 1. The van der Waals surface area contributed by atoms with Crippen molar-refractivity contribution in [2.75, 3.05) is 25.1 Å². The van der Waals surface area contributed by atoms with Gasteiger partial charge in [0.15, 0.2) is 0 Å². The van der Waals surface area contributed by atoms with Crippen molar-refractivity contribution in [3.63, 3.8) is 0 Å². The van der Waals surface area contributed by atoms with E-state index in [0.717, 1.165) is 12.1 Å². The van der Waals surface area contributed by atoms with Crippen molar-refractivity contribution in [2.45, 2.75) is 32.1 Å². The predicted molar refractivity (Wildman–Crippen MR) is 78.9 cm³/mol. The first-order chi connectivity index (χ1) is 9.38. The van der Waals surface area contributed by atoms with Gasteiger partial charge in [-0.2, -0.15) is 0 Å². The Kier molecular flexibility index (Phi) is 3.74. The summed E-state index contributed by atoms with van der Waals surface area (Å²) in [5.41, 5.74) is 8.12. The number of nitrogens with zero attached hydrogens (tertiary/aromatic N) is 1. The number of hydrogen-bond donors (Lipinski definition) is 1. The minimum absolute atomic E-state index is 1.00. The van der Waals surface area contributed by atoms with E-state index >= 15 is 0 Å². The molecule has 2 aliphatic rings. The van der Waals surface area contributed by atoms with Gasteiger partial charge in [-0.1, -0.05) is 25.0 Å². The highest BCUT2D eigenvalue weighted by Crippen LogP contribution is 2.30. The fourth-order valence-corrected chi connectivity index (χ4v) is 3.07. The van der Waals surface area contributed by atoms with E-state index in [1.807, 2.05) is 0 Å². The van der Waals surface area contributed by atoms with Crippen LogP contribution in [0.25, 0.3) is 5.70 Å². The van der Waals surface area contributed by atoms with E-state index in [-0.39, 0.29) is 0 Å². The van der Waals surface area contributed by atoms with Gasteiger partial charge in [0.25, 0.3) is 0 Å². The minimum atomic E-state index is 1.00. The van der Waals surface area contributed by atoms with Gasteiger partial charge in [-0.3, -0.25) is 10.3 Å². The third-order valence-electron chi connectivity index (χ3n) is 4.09. The van der Waals surface area contributed by atoms with E-state index in [2.05, 4.69) is 34.7 Å². The smallest absolute Gasteiger partial charge is 0.0643 e. The quantitative estimate of drug-likeness (QED) is 0.843. The van der Waals surface area contributed by atoms with Crippen molar-refractivity contribution in [1.29, 1.82) is 0 Å². The maximum absolute atomic E-state index is 5.02. The molecule has 0 amide bonds. The molecular weight excluding hydrogens is 236 g/mol. The zero-order valence-electron chi connectivity index (χ0n) is 11.6. The van der Waals surface area contributed by atoms with E-state index in [1.54, 1.807) is 7.11 Å². The van der Waals surface area contributed by atoms with Crippen LogP contribution in [0.2, 0.25) is 0 Å². The first kappa shape index (κ1) is 12.5. The molecule has 0 aromatic heterocycles. The Hall–Kier alpha value is -1.48. The molecule has 102 valence electrons. The lowest BCUT2D eigenvalue weighted by molar-refractivity contribution is 0.137. The van der Waals surface area contributed by atoms with Crippen LogP contribution in [-0.2, 0) is 11.3 Å². The molecule has 0 unspecified atom stereocenters. The van der Waals surface area contributed by atoms with Crippen LogP contribution in [-0.4, -0.2) is 20.2 Å². The van der Waals surface area contributed by atoms with Crippen LogP contribution in [0.3, 0.4) is 0 Å². The Labute approximate surface area is 115 Å². The highest BCUT2D eigenvalue weighted by atomic mass is 16.6. The molecule has 3 nitrogen and oxygen atoms in total. The lowest BCUT2D eigenvalue weighted by Gasteiger charge is -2.23. The van der Waals surface area contributed by atoms with Crippen molar-refractivity contribution >= 4 is 11.4 Å². The van der Waals surface area contributed by atoms with Crippen molar-refractivity contribution in [1.82, 2.24) is 5.48 Å². The van der Waals surface area contributed by atoms with Gasteiger partial charge in [0.05, 0.1) is 12.8 Å². The van der Waals surface area contributed by atoms with Crippen molar-refractivity contribution in [2.24, 2.45) is 0 Å². The van der Waals surface area contributed by atoms with E-state index in [1.165, 1.54) is 55.6 Å². The third-order valence-corrected chi connectivity index (χ3v) is 4.09. The van der Waals surface area contributed by atoms with Crippen molar-refractivity contribution < 1.29 is 4.84 Å². The van der Waals surface area contributed by atoms with Crippen LogP contribution >= 0.6 is 0 Å². The van der Waals surface area contributed by atoms with E-state index in [0.29, 0.717) is 0 Å². The fraction of sp³-hybridized carbons (Fsp3) is 0.500. The molecule has 0 bridgehead atoms. The Bertz CT molecular complexity index is 474. The SMILES string of the molecule is CONC1=CCc2cc(N3CCCCCC3)ccc21. The Morgan fingerprint density at radius 3 is 2.63 bits per heavy atom. The predicted octanol–water partition coefficient (Wildman–Crippen LogP) is 3.12. The van der Waals surface area contributed by atoms with E-state index < -0.39 is 0 Å². The molecule has 3 rings (SSSR count). The van der Waals surface area contributed by atoms with Crippen molar-refractivity contribution in [3.05, 3.63) is 35.4 Å². The number of fused-ring (bicyclic) bond motifs is 1. The summed E-state index contributed by atoms with van der Waals surface area (Å²) in [6.07, 6.45) is 8.61. The molecule has 0 saturated carbocycles. The van der Waals surface area contributed by atoms with Gasteiger partial charge in [-0.05, 0) is 37.0 Å². The normalized spacial score (nSPS) is 18.8. The highest BCUT2D eigenvalue weighted by molar-refractivity contribution is 5.73. The number of allylic oxidation sites excluding steroid dienone is 1. The summed E-state index contributed by atoms with van der Waals surface area (Å²) in [7, 11) is 1.66. The van der Waals surface area contributed by atoms with Gasteiger partial charge in [-0.15, -0.1) is 0 Å². The molecular formula is C16H22N2O. The maximum atomic E-state index is 5.02. The Balaban J connectivity index is 1.79. The van der Waals surface area contributed by atoms with E-state index in [9.17, 15) is 0 Å². The number of anilines is 1. The summed E-state index contributed by atoms with van der Waals surface area (Å²) in [5, 5.41) is 0. The van der Waals surface area contributed by atoms with Crippen LogP contribution in [0.1, 0.15) is 36.8 Å². The number of rotatable bonds is 3. The van der Waals surface area contributed by atoms with Gasteiger partial charge >= 0.3 is 0 Å². The summed E-state index contributed by atoms with van der Waals surface area (Å²) in [6.45, 7) is 2.41. The van der Waals surface area contributed by atoms with Gasteiger partial charge in [0.1, 0.15) is 0 Å². The van der Waals surface area contributed by atoms with Crippen LogP contribution in [0, 0.1) is 0 Å². The summed E-state index contributed by atoms with van der Waals surface area (Å²) < 4.78 is 0.